The number of halogens is 1. The van der Waals surface area contributed by atoms with Crippen molar-refractivity contribution in [2.75, 3.05) is 0 Å². The Morgan fingerprint density at radius 1 is 1.44 bits per heavy atom. The first-order valence-electron chi connectivity index (χ1n) is 5.64. The minimum absolute atomic E-state index is 0.221. The number of aromatic nitrogens is 3. The van der Waals surface area contributed by atoms with E-state index in [-0.39, 0.29) is 11.4 Å². The number of hydrogen-bond donors (Lipinski definition) is 2. The van der Waals surface area contributed by atoms with Gasteiger partial charge >= 0.3 is 0 Å². The molecule has 1 aliphatic rings. The first kappa shape index (κ1) is 11.2. The fourth-order valence-corrected chi connectivity index (χ4v) is 2.18. The van der Waals surface area contributed by atoms with E-state index in [4.69, 9.17) is 11.6 Å². The average Bonchev–Trinajstić information content (AvgIpc) is 2.93. The molecule has 0 aliphatic heterocycles. The highest BCUT2D eigenvalue weighted by Crippen LogP contribution is 2.46. The van der Waals surface area contributed by atoms with Gasteiger partial charge in [-0.15, -0.1) is 0 Å². The Labute approximate surface area is 109 Å². The molecule has 1 aliphatic carbocycles. The summed E-state index contributed by atoms with van der Waals surface area (Å²) in [7, 11) is 0. The third-order valence-corrected chi connectivity index (χ3v) is 3.36. The number of benzene rings is 1. The second kappa shape index (κ2) is 4.10. The van der Waals surface area contributed by atoms with E-state index in [1.807, 2.05) is 24.3 Å². The molecule has 2 aromatic rings. The first-order chi connectivity index (χ1) is 8.70. The normalized spacial score (nSPS) is 16.3. The van der Waals surface area contributed by atoms with Crippen LogP contribution in [-0.4, -0.2) is 21.3 Å². The van der Waals surface area contributed by atoms with Gasteiger partial charge in [-0.2, -0.15) is 15.4 Å². The van der Waals surface area contributed by atoms with Crippen LogP contribution in [0.4, 0.5) is 0 Å². The van der Waals surface area contributed by atoms with Crippen molar-refractivity contribution in [3.63, 3.8) is 0 Å². The minimum Gasteiger partial charge on any atom is -0.341 e. The van der Waals surface area contributed by atoms with Crippen molar-refractivity contribution in [3.05, 3.63) is 46.7 Å². The van der Waals surface area contributed by atoms with E-state index in [2.05, 4.69) is 20.7 Å². The molecule has 0 bridgehead atoms. The van der Waals surface area contributed by atoms with Crippen LogP contribution in [0.5, 0.6) is 0 Å². The molecule has 0 unspecified atom stereocenters. The number of nitrogens with zero attached hydrogens (tertiary/aromatic N) is 2. The van der Waals surface area contributed by atoms with E-state index in [1.54, 1.807) is 0 Å². The maximum absolute atomic E-state index is 12.0. The lowest BCUT2D eigenvalue weighted by Crippen LogP contribution is -2.35. The molecule has 5 nitrogen and oxygen atoms in total. The second-order valence-electron chi connectivity index (χ2n) is 4.40. The maximum Gasteiger partial charge on any atom is 0.274 e. The Morgan fingerprint density at radius 2 is 2.28 bits per heavy atom. The Bertz CT molecular complexity index is 578. The number of aromatic amines is 1. The van der Waals surface area contributed by atoms with E-state index in [0.717, 1.165) is 18.4 Å². The number of amides is 1. The van der Waals surface area contributed by atoms with Gasteiger partial charge in [0.15, 0.2) is 5.69 Å². The highest BCUT2D eigenvalue weighted by molar-refractivity contribution is 6.30. The number of nitrogens with one attached hydrogen (secondary N) is 2. The van der Waals surface area contributed by atoms with E-state index in [9.17, 15) is 4.79 Å². The van der Waals surface area contributed by atoms with Gasteiger partial charge in [-0.3, -0.25) is 4.79 Å². The van der Waals surface area contributed by atoms with Crippen LogP contribution in [0, 0.1) is 0 Å². The van der Waals surface area contributed by atoms with Gasteiger partial charge in [0.05, 0.1) is 11.7 Å². The van der Waals surface area contributed by atoms with Crippen LogP contribution in [0.15, 0.2) is 30.5 Å². The molecule has 18 heavy (non-hydrogen) atoms. The molecule has 1 fully saturated rings. The molecule has 0 radical (unpaired) electrons. The molecule has 3 rings (SSSR count). The number of carbonyl (C=O) groups is 1. The minimum atomic E-state index is -0.291. The molecule has 0 spiro atoms. The van der Waals surface area contributed by atoms with Gasteiger partial charge in [-0.25, -0.2) is 0 Å². The van der Waals surface area contributed by atoms with E-state index >= 15 is 0 Å². The molecule has 6 heteroatoms. The third kappa shape index (κ3) is 1.97. The molecule has 1 aromatic heterocycles. The van der Waals surface area contributed by atoms with E-state index in [1.165, 1.54) is 6.20 Å². The topological polar surface area (TPSA) is 70.7 Å². The highest BCUT2D eigenvalue weighted by atomic mass is 35.5. The summed E-state index contributed by atoms with van der Waals surface area (Å²) in [5.41, 5.74) is 1.04. The smallest absolute Gasteiger partial charge is 0.274 e. The largest absolute Gasteiger partial charge is 0.341 e. The molecule has 0 atom stereocenters. The first-order valence-corrected chi connectivity index (χ1v) is 6.02. The molecule has 1 amide bonds. The van der Waals surface area contributed by atoms with Crippen molar-refractivity contribution in [2.24, 2.45) is 0 Å². The number of hydrogen-bond acceptors (Lipinski definition) is 3. The summed E-state index contributed by atoms with van der Waals surface area (Å²) in [6.45, 7) is 0. The van der Waals surface area contributed by atoms with Gasteiger partial charge < -0.3 is 5.32 Å². The quantitative estimate of drug-likeness (QED) is 0.887. The van der Waals surface area contributed by atoms with Crippen molar-refractivity contribution < 1.29 is 4.79 Å². The van der Waals surface area contributed by atoms with Gasteiger partial charge in [-0.1, -0.05) is 23.7 Å². The zero-order valence-corrected chi connectivity index (χ0v) is 10.2. The monoisotopic (exact) mass is 262 g/mol. The lowest BCUT2D eigenvalue weighted by molar-refractivity contribution is 0.0925. The Balaban J connectivity index is 1.82. The standard InChI is InChI=1S/C12H11ClN4O/c13-9-3-1-2-8(6-9)12(4-5-12)15-11(18)10-7-14-17-16-10/h1-3,6-7H,4-5H2,(H,15,18)(H,14,16,17). The van der Waals surface area contributed by atoms with Crippen molar-refractivity contribution in [3.8, 4) is 0 Å². The Hall–Kier alpha value is -1.88. The Kier molecular flexibility index (Phi) is 2.56. The molecule has 92 valence electrons. The van der Waals surface area contributed by atoms with Crippen LogP contribution in [0.3, 0.4) is 0 Å². The predicted octanol–water partition coefficient (Wildman–Crippen LogP) is 1.88. The molecular formula is C12H11ClN4O. The van der Waals surface area contributed by atoms with Gasteiger partial charge in [0.2, 0.25) is 0 Å². The SMILES string of the molecule is O=C(NC1(c2cccc(Cl)c2)CC1)c1cn[nH]n1. The lowest BCUT2D eigenvalue weighted by Gasteiger charge is -2.17. The van der Waals surface area contributed by atoms with Crippen molar-refractivity contribution in [1.29, 1.82) is 0 Å². The van der Waals surface area contributed by atoms with Crippen molar-refractivity contribution >= 4 is 17.5 Å². The summed E-state index contributed by atoms with van der Waals surface area (Å²) in [5, 5.41) is 13.5. The van der Waals surface area contributed by atoms with Crippen LogP contribution in [0.1, 0.15) is 28.9 Å². The maximum atomic E-state index is 12.0. The summed E-state index contributed by atoms with van der Waals surface area (Å²) < 4.78 is 0. The average molecular weight is 263 g/mol. The van der Waals surface area contributed by atoms with Crippen LogP contribution >= 0.6 is 11.6 Å². The van der Waals surface area contributed by atoms with Gasteiger partial charge in [-0.05, 0) is 30.5 Å². The fourth-order valence-electron chi connectivity index (χ4n) is 1.99. The number of rotatable bonds is 3. The van der Waals surface area contributed by atoms with Gasteiger partial charge in [0.25, 0.3) is 5.91 Å². The summed E-state index contributed by atoms with van der Waals surface area (Å²) in [6.07, 6.45) is 3.23. The molecule has 2 N–H and O–H groups in total. The van der Waals surface area contributed by atoms with Crippen LogP contribution in [-0.2, 0) is 5.54 Å². The summed E-state index contributed by atoms with van der Waals surface area (Å²) in [4.78, 5) is 12.0. The van der Waals surface area contributed by atoms with Crippen LogP contribution in [0.25, 0.3) is 0 Å². The van der Waals surface area contributed by atoms with Crippen molar-refractivity contribution in [2.45, 2.75) is 18.4 Å². The molecule has 1 saturated carbocycles. The molecule has 1 aromatic carbocycles. The summed E-state index contributed by atoms with van der Waals surface area (Å²) >= 11 is 5.97. The van der Waals surface area contributed by atoms with E-state index < -0.39 is 0 Å². The molecule has 1 heterocycles. The zero-order valence-electron chi connectivity index (χ0n) is 9.48. The fraction of sp³-hybridized carbons (Fsp3) is 0.250. The zero-order chi connectivity index (χ0) is 12.6. The Morgan fingerprint density at radius 3 is 2.89 bits per heavy atom. The van der Waals surface area contributed by atoms with Crippen molar-refractivity contribution in [1.82, 2.24) is 20.7 Å². The summed E-state index contributed by atoms with van der Waals surface area (Å²) in [6, 6.07) is 7.57. The molecular weight excluding hydrogens is 252 g/mol. The summed E-state index contributed by atoms with van der Waals surface area (Å²) in [5.74, 6) is -0.221. The van der Waals surface area contributed by atoms with Crippen LogP contribution in [0.2, 0.25) is 5.02 Å². The number of H-pyrrole nitrogens is 1. The van der Waals surface area contributed by atoms with Gasteiger partial charge in [0, 0.05) is 5.02 Å². The predicted molar refractivity (Wildman–Crippen MR) is 66.2 cm³/mol. The van der Waals surface area contributed by atoms with Gasteiger partial charge in [0.1, 0.15) is 0 Å². The highest BCUT2D eigenvalue weighted by Gasteiger charge is 2.46. The molecule has 0 saturated heterocycles. The number of carbonyl (C=O) groups excluding carboxylic acids is 1. The van der Waals surface area contributed by atoms with E-state index in [0.29, 0.717) is 10.7 Å². The lowest BCUT2D eigenvalue weighted by atomic mass is 10.0. The van der Waals surface area contributed by atoms with Crippen LogP contribution < -0.4 is 5.32 Å². The second-order valence-corrected chi connectivity index (χ2v) is 4.84. The third-order valence-electron chi connectivity index (χ3n) is 3.13.